The monoisotopic (exact) mass is 218 g/mol. The fourth-order valence-electron chi connectivity index (χ4n) is 1.63. The summed E-state index contributed by atoms with van der Waals surface area (Å²) < 4.78 is 0. The van der Waals surface area contributed by atoms with E-state index < -0.39 is 0 Å². The zero-order valence-electron chi connectivity index (χ0n) is 9.22. The van der Waals surface area contributed by atoms with Crippen molar-refractivity contribution in [3.8, 4) is 12.1 Å². The Labute approximate surface area is 100 Å². The van der Waals surface area contributed by atoms with Crippen LogP contribution in [0.25, 0.3) is 0 Å². The average molecular weight is 218 g/mol. The highest BCUT2D eigenvalue weighted by Gasteiger charge is 1.97. The molecule has 0 spiro atoms. The van der Waals surface area contributed by atoms with Crippen LogP contribution in [0.3, 0.4) is 0 Å². The Bertz CT molecular complexity index is 525. The van der Waals surface area contributed by atoms with E-state index in [1.165, 1.54) is 0 Å². The minimum Gasteiger partial charge on any atom is -0.192 e. The zero-order chi connectivity index (χ0) is 12.1. The molecule has 2 nitrogen and oxygen atoms in total. The van der Waals surface area contributed by atoms with Crippen LogP contribution >= 0.6 is 0 Å². The largest absolute Gasteiger partial charge is 0.192 e. The first-order valence-corrected chi connectivity index (χ1v) is 5.30. The summed E-state index contributed by atoms with van der Waals surface area (Å²) in [5.74, 6) is 0. The van der Waals surface area contributed by atoms with Gasteiger partial charge in [-0.15, -0.1) is 0 Å². The number of rotatable bonds is 2. The van der Waals surface area contributed by atoms with Crippen LogP contribution in [0, 0.1) is 22.7 Å². The Morgan fingerprint density at radius 3 is 1.29 bits per heavy atom. The van der Waals surface area contributed by atoms with Gasteiger partial charge in [-0.3, -0.25) is 0 Å². The summed E-state index contributed by atoms with van der Waals surface area (Å²) in [6.07, 6.45) is 0.817. The molecule has 0 N–H and O–H groups in total. The predicted octanol–water partition coefficient (Wildman–Crippen LogP) is 3.02. The molecule has 2 heteroatoms. The maximum Gasteiger partial charge on any atom is 0.0991 e. The fraction of sp³-hybridized carbons (Fsp3) is 0.0667. The van der Waals surface area contributed by atoms with Crippen LogP contribution in [0.4, 0.5) is 0 Å². The number of nitriles is 2. The second kappa shape index (κ2) is 4.96. The summed E-state index contributed by atoms with van der Waals surface area (Å²) in [6, 6.07) is 19.3. The molecule has 0 radical (unpaired) electrons. The fourth-order valence-corrected chi connectivity index (χ4v) is 1.63. The first kappa shape index (κ1) is 10.9. The molecular weight excluding hydrogens is 208 g/mol. The van der Waals surface area contributed by atoms with Crippen LogP contribution < -0.4 is 0 Å². The third kappa shape index (κ3) is 2.71. The smallest absolute Gasteiger partial charge is 0.0991 e. The third-order valence-electron chi connectivity index (χ3n) is 2.57. The Balaban J connectivity index is 2.14. The van der Waals surface area contributed by atoms with Crippen LogP contribution in [0.5, 0.6) is 0 Å². The van der Waals surface area contributed by atoms with Crippen molar-refractivity contribution in [1.82, 2.24) is 0 Å². The highest BCUT2D eigenvalue weighted by molar-refractivity contribution is 5.36. The maximum atomic E-state index is 8.70. The van der Waals surface area contributed by atoms with E-state index >= 15 is 0 Å². The predicted molar refractivity (Wildman–Crippen MR) is 65.1 cm³/mol. The zero-order valence-corrected chi connectivity index (χ0v) is 9.22. The van der Waals surface area contributed by atoms with Gasteiger partial charge in [0, 0.05) is 0 Å². The first-order valence-electron chi connectivity index (χ1n) is 5.30. The van der Waals surface area contributed by atoms with E-state index in [0.717, 1.165) is 17.5 Å². The highest BCUT2D eigenvalue weighted by Crippen LogP contribution is 2.11. The van der Waals surface area contributed by atoms with E-state index in [0.29, 0.717) is 11.1 Å². The van der Waals surface area contributed by atoms with Crippen molar-refractivity contribution < 1.29 is 0 Å². The second-order valence-corrected chi connectivity index (χ2v) is 3.79. The molecule has 0 aliphatic carbocycles. The second-order valence-electron chi connectivity index (χ2n) is 3.79. The molecule has 0 bridgehead atoms. The van der Waals surface area contributed by atoms with Crippen LogP contribution in [0.2, 0.25) is 0 Å². The van der Waals surface area contributed by atoms with Gasteiger partial charge in [0.25, 0.3) is 0 Å². The van der Waals surface area contributed by atoms with Crippen molar-refractivity contribution in [2.24, 2.45) is 0 Å². The van der Waals surface area contributed by atoms with Gasteiger partial charge in [-0.1, -0.05) is 24.3 Å². The van der Waals surface area contributed by atoms with Crippen LogP contribution in [0.15, 0.2) is 48.5 Å². The molecule has 2 aromatic carbocycles. The first-order chi connectivity index (χ1) is 8.31. The van der Waals surface area contributed by atoms with Gasteiger partial charge in [-0.05, 0) is 41.8 Å². The van der Waals surface area contributed by atoms with Gasteiger partial charge in [-0.25, -0.2) is 0 Å². The molecule has 0 unspecified atom stereocenters. The summed E-state index contributed by atoms with van der Waals surface area (Å²) in [4.78, 5) is 0. The molecule has 0 heterocycles. The molecule has 80 valence electrons. The van der Waals surface area contributed by atoms with E-state index in [9.17, 15) is 0 Å². The molecule has 0 saturated carbocycles. The molecular formula is C15H10N2. The molecule has 2 aromatic rings. The van der Waals surface area contributed by atoms with Crippen LogP contribution in [-0.2, 0) is 6.42 Å². The molecule has 0 aliphatic heterocycles. The van der Waals surface area contributed by atoms with Gasteiger partial charge in [0.1, 0.15) is 0 Å². The van der Waals surface area contributed by atoms with Crippen molar-refractivity contribution >= 4 is 0 Å². The summed E-state index contributed by atoms with van der Waals surface area (Å²) >= 11 is 0. The summed E-state index contributed by atoms with van der Waals surface area (Å²) in [5.41, 5.74) is 3.67. The van der Waals surface area contributed by atoms with Gasteiger partial charge < -0.3 is 0 Å². The van der Waals surface area contributed by atoms with Gasteiger partial charge in [-0.2, -0.15) is 10.5 Å². The van der Waals surface area contributed by atoms with E-state index in [1.54, 1.807) is 0 Å². The summed E-state index contributed by atoms with van der Waals surface area (Å²) in [6.45, 7) is 0. The van der Waals surface area contributed by atoms with Crippen molar-refractivity contribution in [2.75, 3.05) is 0 Å². The summed E-state index contributed by atoms with van der Waals surface area (Å²) in [5, 5.41) is 17.4. The van der Waals surface area contributed by atoms with Crippen LogP contribution in [0.1, 0.15) is 22.3 Å². The number of hydrogen-bond donors (Lipinski definition) is 0. The van der Waals surface area contributed by atoms with E-state index in [-0.39, 0.29) is 0 Å². The molecule has 2 rings (SSSR count). The molecule has 0 aromatic heterocycles. The lowest BCUT2D eigenvalue weighted by Gasteiger charge is -2.02. The molecule has 0 atom stereocenters. The topological polar surface area (TPSA) is 47.6 Å². The molecule has 0 aliphatic rings. The molecule has 0 amide bonds. The van der Waals surface area contributed by atoms with Crippen LogP contribution in [-0.4, -0.2) is 0 Å². The quantitative estimate of drug-likeness (QED) is 0.777. The maximum absolute atomic E-state index is 8.70. The normalized spacial score (nSPS) is 9.29. The Morgan fingerprint density at radius 2 is 1.00 bits per heavy atom. The Hall–Kier alpha value is -2.58. The average Bonchev–Trinajstić information content (AvgIpc) is 2.40. The lowest BCUT2D eigenvalue weighted by Crippen LogP contribution is -1.88. The van der Waals surface area contributed by atoms with Crippen molar-refractivity contribution in [3.05, 3.63) is 70.8 Å². The van der Waals surface area contributed by atoms with Gasteiger partial charge in [0.15, 0.2) is 0 Å². The van der Waals surface area contributed by atoms with Crippen molar-refractivity contribution in [1.29, 1.82) is 10.5 Å². The Kier molecular flexibility index (Phi) is 3.19. The van der Waals surface area contributed by atoms with Crippen molar-refractivity contribution in [2.45, 2.75) is 6.42 Å². The number of nitrogens with zero attached hydrogens (tertiary/aromatic N) is 2. The minimum atomic E-state index is 0.675. The number of hydrogen-bond acceptors (Lipinski definition) is 2. The van der Waals surface area contributed by atoms with Gasteiger partial charge >= 0.3 is 0 Å². The summed E-state index contributed by atoms with van der Waals surface area (Å²) in [7, 11) is 0. The van der Waals surface area contributed by atoms with Crippen molar-refractivity contribution in [3.63, 3.8) is 0 Å². The van der Waals surface area contributed by atoms with Gasteiger partial charge in [0.2, 0.25) is 0 Å². The lowest BCUT2D eigenvalue weighted by atomic mass is 10.0. The Morgan fingerprint density at radius 1 is 0.647 bits per heavy atom. The van der Waals surface area contributed by atoms with E-state index in [2.05, 4.69) is 12.1 Å². The minimum absolute atomic E-state index is 0.675. The third-order valence-corrected chi connectivity index (χ3v) is 2.57. The lowest BCUT2D eigenvalue weighted by molar-refractivity contribution is 1.19. The highest BCUT2D eigenvalue weighted by atomic mass is 14.2. The number of benzene rings is 2. The van der Waals surface area contributed by atoms with E-state index in [1.807, 2.05) is 48.5 Å². The standard InChI is InChI=1S/C15H10N2/c16-10-14-5-1-12(2-6-14)9-13-3-7-15(11-17)8-4-13/h1-8H,9H2. The van der Waals surface area contributed by atoms with Gasteiger partial charge in [0.05, 0.1) is 23.3 Å². The SMILES string of the molecule is N#Cc1ccc(Cc2ccc(C#N)cc2)cc1. The molecule has 0 saturated heterocycles. The molecule has 0 fully saturated rings. The van der Waals surface area contributed by atoms with E-state index in [4.69, 9.17) is 10.5 Å². The molecule has 17 heavy (non-hydrogen) atoms.